The van der Waals surface area contributed by atoms with E-state index in [1.807, 2.05) is 39.9 Å². The average Bonchev–Trinajstić information content (AvgIpc) is 3.25. The molecular formula is C18H16N2OS2. The number of thiophene rings is 1. The number of amides is 1. The molecule has 1 aliphatic rings. The van der Waals surface area contributed by atoms with Crippen molar-refractivity contribution >= 4 is 34.3 Å². The molecule has 0 aliphatic carbocycles. The first-order chi connectivity index (χ1) is 11.2. The molecule has 0 fully saturated rings. The monoisotopic (exact) mass is 340 g/mol. The minimum atomic E-state index is 0.00220. The number of thiazole rings is 1. The highest BCUT2D eigenvalue weighted by Crippen LogP contribution is 2.33. The lowest BCUT2D eigenvalue weighted by molar-refractivity contribution is 0.0971. The van der Waals surface area contributed by atoms with Crippen molar-refractivity contribution in [1.82, 2.24) is 4.98 Å². The van der Waals surface area contributed by atoms with Crippen molar-refractivity contribution in [2.45, 2.75) is 25.8 Å². The van der Waals surface area contributed by atoms with Gasteiger partial charge in [-0.05, 0) is 42.8 Å². The fourth-order valence-corrected chi connectivity index (χ4v) is 4.52. The summed E-state index contributed by atoms with van der Waals surface area (Å²) in [5, 5.41) is 6.87. The number of rotatable bonds is 2. The Morgan fingerprint density at radius 3 is 2.96 bits per heavy atom. The zero-order valence-electron chi connectivity index (χ0n) is 12.7. The van der Waals surface area contributed by atoms with Gasteiger partial charge in [0.15, 0.2) is 0 Å². The van der Waals surface area contributed by atoms with Crippen LogP contribution in [0.15, 0.2) is 46.5 Å². The van der Waals surface area contributed by atoms with Gasteiger partial charge >= 0.3 is 0 Å². The summed E-state index contributed by atoms with van der Waals surface area (Å²) >= 11 is 3.17. The molecule has 0 saturated heterocycles. The predicted octanol–water partition coefficient (Wildman–Crippen LogP) is 4.85. The second-order valence-electron chi connectivity index (χ2n) is 5.74. The minimum Gasteiger partial charge on any atom is -0.304 e. The number of nitrogens with zero attached hydrogens (tertiary/aromatic N) is 2. The molecule has 1 atom stereocenters. The number of hydrogen-bond acceptors (Lipinski definition) is 4. The van der Waals surface area contributed by atoms with Gasteiger partial charge in [0.2, 0.25) is 0 Å². The summed E-state index contributed by atoms with van der Waals surface area (Å²) in [6.45, 7) is 2.11. The topological polar surface area (TPSA) is 33.2 Å². The Balaban J connectivity index is 1.69. The molecule has 5 heteroatoms. The quantitative estimate of drug-likeness (QED) is 0.668. The van der Waals surface area contributed by atoms with Crippen LogP contribution < -0.4 is 4.90 Å². The van der Waals surface area contributed by atoms with Crippen molar-refractivity contribution in [3.8, 4) is 10.6 Å². The summed E-state index contributed by atoms with van der Waals surface area (Å²) in [5.74, 6) is 0.00220. The van der Waals surface area contributed by atoms with Gasteiger partial charge in [-0.25, -0.2) is 4.98 Å². The standard InChI is InChI=1S/C18H16N2OS2/c1-12-6-7-13-4-2-3-5-16(13)20(12)18(21)15-11-23-17(19-15)14-8-9-22-10-14/h2-5,8-12H,6-7H2,1H3. The average molecular weight is 340 g/mol. The number of fused-ring (bicyclic) bond motifs is 1. The van der Waals surface area contributed by atoms with Crippen molar-refractivity contribution in [1.29, 1.82) is 0 Å². The summed E-state index contributed by atoms with van der Waals surface area (Å²) in [4.78, 5) is 19.5. The van der Waals surface area contributed by atoms with E-state index < -0.39 is 0 Å². The molecule has 3 nitrogen and oxygen atoms in total. The van der Waals surface area contributed by atoms with Crippen LogP contribution in [-0.2, 0) is 6.42 Å². The number of anilines is 1. The number of aryl methyl sites for hydroxylation is 1. The zero-order chi connectivity index (χ0) is 15.8. The molecule has 1 amide bonds. The summed E-state index contributed by atoms with van der Waals surface area (Å²) < 4.78 is 0. The Morgan fingerprint density at radius 1 is 1.26 bits per heavy atom. The molecule has 23 heavy (non-hydrogen) atoms. The van der Waals surface area contributed by atoms with Crippen molar-refractivity contribution in [2.24, 2.45) is 0 Å². The maximum atomic E-state index is 13.0. The number of para-hydroxylation sites is 1. The van der Waals surface area contributed by atoms with Crippen LogP contribution in [0.3, 0.4) is 0 Å². The Kier molecular flexibility index (Phi) is 3.75. The van der Waals surface area contributed by atoms with Gasteiger partial charge in [-0.1, -0.05) is 18.2 Å². The van der Waals surface area contributed by atoms with Crippen LogP contribution in [0, 0.1) is 0 Å². The van der Waals surface area contributed by atoms with Gasteiger partial charge in [-0.3, -0.25) is 4.79 Å². The molecule has 1 aliphatic heterocycles. The molecular weight excluding hydrogens is 324 g/mol. The maximum absolute atomic E-state index is 13.0. The minimum absolute atomic E-state index is 0.00220. The molecule has 0 saturated carbocycles. The van der Waals surface area contributed by atoms with Crippen LogP contribution in [0.5, 0.6) is 0 Å². The van der Waals surface area contributed by atoms with Crippen LogP contribution >= 0.6 is 22.7 Å². The molecule has 1 unspecified atom stereocenters. The number of carbonyl (C=O) groups excluding carboxylic acids is 1. The van der Waals surface area contributed by atoms with E-state index >= 15 is 0 Å². The third kappa shape index (κ3) is 2.60. The van der Waals surface area contributed by atoms with E-state index in [4.69, 9.17) is 0 Å². The number of benzene rings is 1. The Hall–Kier alpha value is -1.98. The highest BCUT2D eigenvalue weighted by atomic mass is 32.1. The molecule has 3 heterocycles. The molecule has 0 spiro atoms. The SMILES string of the molecule is CC1CCc2ccccc2N1C(=O)c1csc(-c2ccsc2)n1. The van der Waals surface area contributed by atoms with E-state index in [0.717, 1.165) is 29.1 Å². The van der Waals surface area contributed by atoms with Gasteiger partial charge in [0.1, 0.15) is 10.7 Å². The number of hydrogen-bond donors (Lipinski definition) is 0. The fraction of sp³-hybridized carbons (Fsp3) is 0.222. The molecule has 4 rings (SSSR count). The molecule has 3 aromatic rings. The normalized spacial score (nSPS) is 17.1. The highest BCUT2D eigenvalue weighted by Gasteiger charge is 2.30. The van der Waals surface area contributed by atoms with E-state index in [1.165, 1.54) is 16.9 Å². The van der Waals surface area contributed by atoms with E-state index in [1.54, 1.807) is 11.3 Å². The molecule has 2 aromatic heterocycles. The second-order valence-corrected chi connectivity index (χ2v) is 7.38. The van der Waals surface area contributed by atoms with Crippen LogP contribution in [0.25, 0.3) is 10.6 Å². The second kappa shape index (κ2) is 5.91. The third-order valence-electron chi connectivity index (χ3n) is 4.23. The first-order valence-electron chi connectivity index (χ1n) is 7.63. The Morgan fingerprint density at radius 2 is 2.13 bits per heavy atom. The largest absolute Gasteiger partial charge is 0.304 e. The van der Waals surface area contributed by atoms with Crippen LogP contribution in [0.1, 0.15) is 29.4 Å². The smallest absolute Gasteiger partial charge is 0.278 e. The molecule has 116 valence electrons. The van der Waals surface area contributed by atoms with E-state index in [-0.39, 0.29) is 11.9 Å². The van der Waals surface area contributed by atoms with Gasteiger partial charge in [-0.15, -0.1) is 11.3 Å². The van der Waals surface area contributed by atoms with Crippen LogP contribution in [0.4, 0.5) is 5.69 Å². The lowest BCUT2D eigenvalue weighted by atomic mass is 9.96. The van der Waals surface area contributed by atoms with Crippen molar-refractivity contribution in [2.75, 3.05) is 4.90 Å². The first kappa shape index (κ1) is 14.6. The van der Waals surface area contributed by atoms with Crippen molar-refractivity contribution in [3.63, 3.8) is 0 Å². The summed E-state index contributed by atoms with van der Waals surface area (Å²) in [5.41, 5.74) is 3.90. The Labute approximate surface area is 143 Å². The van der Waals surface area contributed by atoms with E-state index in [2.05, 4.69) is 23.4 Å². The molecule has 0 radical (unpaired) electrons. The van der Waals surface area contributed by atoms with E-state index in [9.17, 15) is 4.79 Å². The Bertz CT molecular complexity index is 838. The van der Waals surface area contributed by atoms with Gasteiger partial charge in [0.25, 0.3) is 5.91 Å². The lowest BCUT2D eigenvalue weighted by Crippen LogP contribution is -2.42. The fourth-order valence-electron chi connectivity index (χ4n) is 3.01. The summed E-state index contributed by atoms with van der Waals surface area (Å²) in [6.07, 6.45) is 2.02. The summed E-state index contributed by atoms with van der Waals surface area (Å²) in [7, 11) is 0. The number of aromatic nitrogens is 1. The number of carbonyl (C=O) groups is 1. The lowest BCUT2D eigenvalue weighted by Gasteiger charge is -2.34. The third-order valence-corrected chi connectivity index (χ3v) is 5.81. The van der Waals surface area contributed by atoms with Gasteiger partial charge in [-0.2, -0.15) is 11.3 Å². The van der Waals surface area contributed by atoms with Crippen molar-refractivity contribution < 1.29 is 4.79 Å². The maximum Gasteiger partial charge on any atom is 0.278 e. The zero-order valence-corrected chi connectivity index (χ0v) is 14.4. The molecule has 0 bridgehead atoms. The van der Waals surface area contributed by atoms with Gasteiger partial charge < -0.3 is 4.90 Å². The molecule has 0 N–H and O–H groups in total. The van der Waals surface area contributed by atoms with E-state index in [0.29, 0.717) is 5.69 Å². The van der Waals surface area contributed by atoms with Gasteiger partial charge in [0, 0.05) is 28.1 Å². The van der Waals surface area contributed by atoms with Gasteiger partial charge in [0.05, 0.1) is 0 Å². The first-order valence-corrected chi connectivity index (χ1v) is 9.46. The van der Waals surface area contributed by atoms with Crippen LogP contribution in [0.2, 0.25) is 0 Å². The predicted molar refractivity (Wildman–Crippen MR) is 96.5 cm³/mol. The highest BCUT2D eigenvalue weighted by molar-refractivity contribution is 7.14. The van der Waals surface area contributed by atoms with Crippen molar-refractivity contribution in [3.05, 3.63) is 57.7 Å². The van der Waals surface area contributed by atoms with Crippen LogP contribution in [-0.4, -0.2) is 16.9 Å². The summed E-state index contributed by atoms with van der Waals surface area (Å²) in [6, 6.07) is 10.4. The molecule has 1 aromatic carbocycles.